The summed E-state index contributed by atoms with van der Waals surface area (Å²) >= 11 is 0. The Morgan fingerprint density at radius 2 is 1.75 bits per heavy atom. The Morgan fingerprint density at radius 3 is 2.12 bits per heavy atom. The number of amidine groups is 1. The molecule has 3 heteroatoms. The first kappa shape index (κ1) is 14.6. The van der Waals surface area contributed by atoms with E-state index in [9.17, 15) is 0 Å². The van der Waals surface area contributed by atoms with Gasteiger partial charge < -0.3 is 11.1 Å². The average Bonchev–Trinajstić information content (AvgIpc) is 2.29. The predicted octanol–water partition coefficient (Wildman–Crippen LogP) is 2.49. The van der Waals surface area contributed by atoms with Crippen molar-refractivity contribution in [3.63, 3.8) is 0 Å². The van der Waals surface area contributed by atoms with Gasteiger partial charge >= 0.3 is 0 Å². The molecule has 0 unspecified atom stereocenters. The Morgan fingerprint density at radius 1 is 1.25 bits per heavy atom. The van der Waals surface area contributed by atoms with E-state index in [2.05, 4.69) is 19.2 Å². The Balaban J connectivity index is 0.00000106. The van der Waals surface area contributed by atoms with Gasteiger partial charge in [0.2, 0.25) is 0 Å². The van der Waals surface area contributed by atoms with Crippen molar-refractivity contribution in [2.75, 3.05) is 0 Å². The van der Waals surface area contributed by atoms with E-state index in [0.717, 1.165) is 12.1 Å². The molecule has 0 aliphatic carbocycles. The second-order valence-electron chi connectivity index (χ2n) is 3.65. The molecule has 90 valence electrons. The Kier molecular flexibility index (Phi) is 7.21. The van der Waals surface area contributed by atoms with E-state index < -0.39 is 0 Å². The van der Waals surface area contributed by atoms with Gasteiger partial charge in [-0.2, -0.15) is 0 Å². The van der Waals surface area contributed by atoms with E-state index in [1.54, 1.807) is 0 Å². The van der Waals surface area contributed by atoms with Crippen molar-refractivity contribution in [2.24, 2.45) is 5.73 Å². The van der Waals surface area contributed by atoms with Crippen molar-refractivity contribution >= 4 is 5.84 Å². The van der Waals surface area contributed by atoms with Gasteiger partial charge in [-0.1, -0.05) is 52.0 Å². The molecule has 0 aromatic heterocycles. The Bertz CT molecular complexity index is 301. The number of nitrogen functional groups attached to an aromatic ring is 1. The fourth-order valence-electron chi connectivity index (χ4n) is 1.12. The van der Waals surface area contributed by atoms with Crippen molar-refractivity contribution < 1.29 is 0 Å². The molecule has 1 rings (SSSR count). The standard InChI is InChI=1S/C11H17N3.C2H6/c1-8(2)14-7-9-3-5-10(6-4-9)11(12)13;1-2/h3-6,8,14H,7H2,1-2H3,(H3,12,13);1-2H3. The number of benzene rings is 1. The quantitative estimate of drug-likeness (QED) is 0.540. The minimum atomic E-state index is 0.119. The van der Waals surface area contributed by atoms with Gasteiger partial charge in [0, 0.05) is 18.2 Å². The molecule has 0 heterocycles. The van der Waals surface area contributed by atoms with E-state index in [0.29, 0.717) is 6.04 Å². The van der Waals surface area contributed by atoms with Crippen molar-refractivity contribution in [1.82, 2.24) is 5.32 Å². The van der Waals surface area contributed by atoms with E-state index in [1.807, 2.05) is 38.1 Å². The highest BCUT2D eigenvalue weighted by molar-refractivity contribution is 5.94. The molecule has 4 N–H and O–H groups in total. The van der Waals surface area contributed by atoms with Crippen LogP contribution in [0.4, 0.5) is 0 Å². The highest BCUT2D eigenvalue weighted by atomic mass is 14.9. The SMILES string of the molecule is CC.CC(C)NCc1ccc(C(=N)N)cc1. The fraction of sp³-hybridized carbons (Fsp3) is 0.462. The molecular weight excluding hydrogens is 198 g/mol. The van der Waals surface area contributed by atoms with Crippen LogP contribution in [0.1, 0.15) is 38.8 Å². The average molecular weight is 221 g/mol. The van der Waals surface area contributed by atoms with E-state index in [1.165, 1.54) is 5.56 Å². The van der Waals surface area contributed by atoms with Gasteiger partial charge in [0.25, 0.3) is 0 Å². The minimum absolute atomic E-state index is 0.119. The van der Waals surface area contributed by atoms with Crippen molar-refractivity contribution in [3.05, 3.63) is 35.4 Å². The fourth-order valence-corrected chi connectivity index (χ4v) is 1.12. The number of nitrogens with one attached hydrogen (secondary N) is 2. The maximum atomic E-state index is 7.24. The van der Waals surface area contributed by atoms with Gasteiger partial charge in [-0.25, -0.2) is 0 Å². The minimum Gasteiger partial charge on any atom is -0.384 e. The van der Waals surface area contributed by atoms with Crippen LogP contribution in [0.5, 0.6) is 0 Å². The van der Waals surface area contributed by atoms with Gasteiger partial charge in [0.1, 0.15) is 5.84 Å². The predicted molar refractivity (Wildman–Crippen MR) is 70.8 cm³/mol. The Hall–Kier alpha value is -1.35. The molecule has 0 saturated carbocycles. The molecule has 0 bridgehead atoms. The lowest BCUT2D eigenvalue weighted by molar-refractivity contribution is 0.589. The summed E-state index contributed by atoms with van der Waals surface area (Å²) in [6.45, 7) is 9.09. The first-order valence-electron chi connectivity index (χ1n) is 5.76. The van der Waals surface area contributed by atoms with Crippen LogP contribution in [0, 0.1) is 5.41 Å². The lowest BCUT2D eigenvalue weighted by atomic mass is 10.1. The van der Waals surface area contributed by atoms with Crippen LogP contribution in [-0.2, 0) is 6.54 Å². The molecule has 0 amide bonds. The molecule has 3 nitrogen and oxygen atoms in total. The maximum Gasteiger partial charge on any atom is 0.122 e. The maximum absolute atomic E-state index is 7.24. The van der Waals surface area contributed by atoms with Crippen LogP contribution in [0.15, 0.2) is 24.3 Å². The molecule has 0 atom stereocenters. The van der Waals surface area contributed by atoms with Crippen molar-refractivity contribution in [3.8, 4) is 0 Å². The number of hydrogen-bond donors (Lipinski definition) is 3. The topological polar surface area (TPSA) is 61.9 Å². The van der Waals surface area contributed by atoms with Crippen molar-refractivity contribution in [2.45, 2.75) is 40.3 Å². The molecule has 0 saturated heterocycles. The summed E-state index contributed by atoms with van der Waals surface area (Å²) < 4.78 is 0. The summed E-state index contributed by atoms with van der Waals surface area (Å²) in [5.41, 5.74) is 7.34. The molecule has 0 aliphatic rings. The first-order chi connectivity index (χ1) is 7.59. The second kappa shape index (κ2) is 7.88. The molecule has 0 fully saturated rings. The summed E-state index contributed by atoms with van der Waals surface area (Å²) in [5.74, 6) is 0.119. The lowest BCUT2D eigenvalue weighted by Gasteiger charge is -2.08. The van der Waals surface area contributed by atoms with Crippen LogP contribution in [0.2, 0.25) is 0 Å². The molecule has 0 spiro atoms. The zero-order valence-corrected chi connectivity index (χ0v) is 10.7. The molecule has 0 aliphatic heterocycles. The molecule has 0 radical (unpaired) electrons. The zero-order chi connectivity index (χ0) is 12.6. The van der Waals surface area contributed by atoms with Crippen LogP contribution in [-0.4, -0.2) is 11.9 Å². The van der Waals surface area contributed by atoms with Crippen LogP contribution < -0.4 is 11.1 Å². The summed E-state index contributed by atoms with van der Waals surface area (Å²) in [4.78, 5) is 0. The number of rotatable bonds is 4. The van der Waals surface area contributed by atoms with Gasteiger partial charge in [0.15, 0.2) is 0 Å². The number of hydrogen-bond acceptors (Lipinski definition) is 2. The summed E-state index contributed by atoms with van der Waals surface area (Å²) in [6, 6.07) is 8.22. The summed E-state index contributed by atoms with van der Waals surface area (Å²) in [5, 5.41) is 10.6. The highest BCUT2D eigenvalue weighted by Crippen LogP contribution is 2.03. The van der Waals surface area contributed by atoms with E-state index >= 15 is 0 Å². The van der Waals surface area contributed by atoms with Crippen LogP contribution in [0.3, 0.4) is 0 Å². The van der Waals surface area contributed by atoms with E-state index in [-0.39, 0.29) is 5.84 Å². The summed E-state index contributed by atoms with van der Waals surface area (Å²) in [6.07, 6.45) is 0. The Labute approximate surface area is 98.6 Å². The van der Waals surface area contributed by atoms with Gasteiger partial charge in [0.05, 0.1) is 0 Å². The third-order valence-electron chi connectivity index (χ3n) is 1.98. The van der Waals surface area contributed by atoms with Crippen LogP contribution in [0.25, 0.3) is 0 Å². The largest absolute Gasteiger partial charge is 0.384 e. The van der Waals surface area contributed by atoms with Gasteiger partial charge in [-0.3, -0.25) is 5.41 Å². The smallest absolute Gasteiger partial charge is 0.122 e. The summed E-state index contributed by atoms with van der Waals surface area (Å²) in [7, 11) is 0. The lowest BCUT2D eigenvalue weighted by Crippen LogP contribution is -2.21. The molecular formula is C13H23N3. The molecule has 1 aromatic carbocycles. The zero-order valence-electron chi connectivity index (χ0n) is 10.7. The van der Waals surface area contributed by atoms with Crippen LogP contribution >= 0.6 is 0 Å². The monoisotopic (exact) mass is 221 g/mol. The van der Waals surface area contributed by atoms with Gasteiger partial charge in [-0.05, 0) is 5.56 Å². The molecule has 16 heavy (non-hydrogen) atoms. The molecule has 1 aromatic rings. The highest BCUT2D eigenvalue weighted by Gasteiger charge is 1.97. The normalized spacial score (nSPS) is 9.56. The van der Waals surface area contributed by atoms with E-state index in [4.69, 9.17) is 11.1 Å². The second-order valence-corrected chi connectivity index (χ2v) is 3.65. The number of nitrogens with two attached hydrogens (primary N) is 1. The van der Waals surface area contributed by atoms with Gasteiger partial charge in [-0.15, -0.1) is 0 Å². The third-order valence-corrected chi connectivity index (χ3v) is 1.98. The first-order valence-corrected chi connectivity index (χ1v) is 5.76. The third kappa shape index (κ3) is 5.51. The van der Waals surface area contributed by atoms with Crippen molar-refractivity contribution in [1.29, 1.82) is 5.41 Å².